The molecule has 0 bridgehead atoms. The summed E-state index contributed by atoms with van der Waals surface area (Å²) in [4.78, 5) is 3.11. The van der Waals surface area contributed by atoms with Crippen LogP contribution in [0, 0.1) is 47.3 Å². The van der Waals surface area contributed by atoms with E-state index in [0.717, 1.165) is 65.5 Å². The van der Waals surface area contributed by atoms with Crippen molar-refractivity contribution in [2.24, 2.45) is 47.3 Å². The van der Waals surface area contributed by atoms with Gasteiger partial charge in [0.05, 0.1) is 0 Å². The normalized spacial score (nSPS) is 36.5. The zero-order valence-corrected chi connectivity index (χ0v) is 27.6. The van der Waals surface area contributed by atoms with Crippen LogP contribution in [0.25, 0.3) is 0 Å². The van der Waals surface area contributed by atoms with Crippen molar-refractivity contribution in [3.8, 4) is 0 Å². The first-order valence-corrected chi connectivity index (χ1v) is 18.3. The van der Waals surface area contributed by atoms with Crippen molar-refractivity contribution in [2.75, 3.05) is 0 Å². The van der Waals surface area contributed by atoms with Gasteiger partial charge in [-0.15, -0.1) is 0 Å². The summed E-state index contributed by atoms with van der Waals surface area (Å²) < 4.78 is 0. The van der Waals surface area contributed by atoms with Crippen LogP contribution in [0.1, 0.15) is 164 Å². The first-order valence-electron chi connectivity index (χ1n) is 18.3. The van der Waals surface area contributed by atoms with Gasteiger partial charge in [0.25, 0.3) is 0 Å². The van der Waals surface area contributed by atoms with Crippen LogP contribution in [-0.4, -0.2) is 23.0 Å². The average molecular weight is 540 g/mol. The second-order valence-corrected chi connectivity index (χ2v) is 15.6. The van der Waals surface area contributed by atoms with Crippen LogP contribution < -0.4 is 0 Å². The van der Waals surface area contributed by atoms with Crippen molar-refractivity contribution in [3.05, 3.63) is 11.6 Å². The largest absolute Gasteiger partial charge is 0.295 e. The Bertz CT molecular complexity index is 739. The van der Waals surface area contributed by atoms with E-state index >= 15 is 0 Å². The van der Waals surface area contributed by atoms with Crippen LogP contribution in [0.5, 0.6) is 0 Å². The number of allylic oxidation sites excluding steroid dienone is 2. The molecule has 0 amide bonds. The third-order valence-corrected chi connectivity index (χ3v) is 12.7. The van der Waals surface area contributed by atoms with E-state index < -0.39 is 0 Å². The molecule has 2 saturated carbocycles. The standard InChI is InChI=1S/C38H69N/c1-8-10-11-12-13-16-28(4)37-26-38(37)34-21-22-35(39(30(6)24-34)29(5)23-27(3)9-2)25-33-19-15-20-36(33)31(7)32-17-14-18-32/h17,27-31,33-38H,8-16,18-26H2,1-7H3. The maximum atomic E-state index is 3.11. The van der Waals surface area contributed by atoms with Crippen molar-refractivity contribution >= 4 is 0 Å². The van der Waals surface area contributed by atoms with Gasteiger partial charge in [0.1, 0.15) is 0 Å². The molecule has 1 saturated heterocycles. The molecule has 0 aromatic carbocycles. The van der Waals surface area contributed by atoms with Gasteiger partial charge in [0, 0.05) is 18.1 Å². The molecule has 0 N–H and O–H groups in total. The van der Waals surface area contributed by atoms with Crippen molar-refractivity contribution in [2.45, 2.75) is 182 Å². The number of hydrogen-bond donors (Lipinski definition) is 0. The summed E-state index contributed by atoms with van der Waals surface area (Å²) in [5.74, 6) is 7.69. The van der Waals surface area contributed by atoms with Crippen LogP contribution in [0.4, 0.5) is 0 Å². The van der Waals surface area contributed by atoms with Gasteiger partial charge < -0.3 is 0 Å². The molecule has 226 valence electrons. The molecule has 39 heavy (non-hydrogen) atoms. The Morgan fingerprint density at radius 3 is 2.36 bits per heavy atom. The van der Waals surface area contributed by atoms with E-state index in [1.807, 2.05) is 5.57 Å². The smallest absolute Gasteiger partial charge is 0.0104 e. The average Bonchev–Trinajstić information content (AvgIpc) is 3.57. The number of unbranched alkanes of at least 4 members (excludes halogenated alkanes) is 4. The van der Waals surface area contributed by atoms with Crippen molar-refractivity contribution in [3.63, 3.8) is 0 Å². The minimum Gasteiger partial charge on any atom is -0.295 e. The van der Waals surface area contributed by atoms with Crippen LogP contribution in [-0.2, 0) is 0 Å². The molecule has 1 heteroatoms. The second-order valence-electron chi connectivity index (χ2n) is 15.6. The maximum Gasteiger partial charge on any atom is 0.0104 e. The van der Waals surface area contributed by atoms with Gasteiger partial charge in [-0.3, -0.25) is 4.90 Å². The summed E-state index contributed by atoms with van der Waals surface area (Å²) in [6, 6.07) is 2.33. The SMILES string of the molecule is CCCCCCCC(C)C1CC1C1CCC(CC2CCCC2C(C)C2=CCC2)N(C(C)CC(C)CC)C(C)C1. The van der Waals surface area contributed by atoms with Gasteiger partial charge in [-0.1, -0.05) is 104 Å². The number of hydrogen-bond acceptors (Lipinski definition) is 1. The van der Waals surface area contributed by atoms with Gasteiger partial charge in [0.15, 0.2) is 0 Å². The first kappa shape index (κ1) is 31.6. The molecule has 1 heterocycles. The molecule has 1 aliphatic heterocycles. The van der Waals surface area contributed by atoms with Crippen LogP contribution in [0.3, 0.4) is 0 Å². The Morgan fingerprint density at radius 1 is 0.897 bits per heavy atom. The van der Waals surface area contributed by atoms with E-state index in [1.165, 1.54) is 109 Å². The van der Waals surface area contributed by atoms with Crippen molar-refractivity contribution in [1.29, 1.82) is 0 Å². The quantitative estimate of drug-likeness (QED) is 0.139. The van der Waals surface area contributed by atoms with Gasteiger partial charge in [-0.2, -0.15) is 0 Å². The zero-order chi connectivity index (χ0) is 27.9. The maximum absolute atomic E-state index is 3.11. The Kier molecular flexibility index (Phi) is 12.4. The van der Waals surface area contributed by atoms with Gasteiger partial charge in [-0.25, -0.2) is 0 Å². The molecule has 0 aromatic rings. The van der Waals surface area contributed by atoms with Gasteiger partial charge in [0.2, 0.25) is 0 Å². The highest BCUT2D eigenvalue weighted by molar-refractivity contribution is 5.17. The van der Waals surface area contributed by atoms with E-state index in [-0.39, 0.29) is 0 Å². The summed E-state index contributed by atoms with van der Waals surface area (Å²) in [6.07, 6.45) is 28.7. The molecule has 0 aromatic heterocycles. The summed E-state index contributed by atoms with van der Waals surface area (Å²) in [7, 11) is 0. The van der Waals surface area contributed by atoms with E-state index in [1.54, 1.807) is 6.42 Å². The molecule has 4 aliphatic rings. The lowest BCUT2D eigenvalue weighted by atomic mass is 9.74. The predicted molar refractivity (Wildman–Crippen MR) is 172 cm³/mol. The molecule has 4 rings (SSSR count). The summed E-state index contributed by atoms with van der Waals surface area (Å²) in [6.45, 7) is 17.7. The third-order valence-electron chi connectivity index (χ3n) is 12.7. The highest BCUT2D eigenvalue weighted by Crippen LogP contribution is 2.54. The topological polar surface area (TPSA) is 3.24 Å². The van der Waals surface area contributed by atoms with E-state index in [2.05, 4.69) is 59.4 Å². The minimum atomic E-state index is 0.738. The molecule has 0 radical (unpaired) electrons. The summed E-state index contributed by atoms with van der Waals surface area (Å²) >= 11 is 0. The Hall–Kier alpha value is -0.300. The highest BCUT2D eigenvalue weighted by atomic mass is 15.2. The molecule has 3 fully saturated rings. The third kappa shape index (κ3) is 8.38. The number of nitrogens with zero attached hydrogens (tertiary/aromatic N) is 1. The molecular formula is C38H69N. The molecule has 11 unspecified atom stereocenters. The molecule has 0 spiro atoms. The number of likely N-dealkylation sites (tertiary alicyclic amines) is 1. The van der Waals surface area contributed by atoms with Crippen LogP contribution in [0.15, 0.2) is 11.6 Å². The van der Waals surface area contributed by atoms with E-state index in [0.29, 0.717) is 0 Å². The fourth-order valence-electron chi connectivity index (χ4n) is 9.97. The van der Waals surface area contributed by atoms with Crippen LogP contribution >= 0.6 is 0 Å². The Labute approximate surface area is 245 Å². The lowest BCUT2D eigenvalue weighted by molar-refractivity contribution is 0.0604. The molecule has 1 nitrogen and oxygen atoms in total. The van der Waals surface area contributed by atoms with E-state index in [4.69, 9.17) is 0 Å². The molecular weight excluding hydrogens is 470 g/mol. The second kappa shape index (κ2) is 15.3. The lowest BCUT2D eigenvalue weighted by Gasteiger charge is -2.43. The van der Waals surface area contributed by atoms with Gasteiger partial charge in [-0.05, 0) is 119 Å². The van der Waals surface area contributed by atoms with Crippen LogP contribution in [0.2, 0.25) is 0 Å². The fourth-order valence-corrected chi connectivity index (χ4v) is 9.97. The Balaban J connectivity index is 1.39. The zero-order valence-electron chi connectivity index (χ0n) is 27.6. The lowest BCUT2D eigenvalue weighted by Crippen LogP contribution is -2.48. The highest BCUT2D eigenvalue weighted by Gasteiger charge is 2.48. The minimum absolute atomic E-state index is 0.738. The number of rotatable bonds is 16. The predicted octanol–water partition coefficient (Wildman–Crippen LogP) is 11.5. The molecule has 11 atom stereocenters. The molecule has 3 aliphatic carbocycles. The van der Waals surface area contributed by atoms with Crippen molar-refractivity contribution < 1.29 is 0 Å². The summed E-state index contributed by atoms with van der Waals surface area (Å²) in [5, 5.41) is 0. The first-order chi connectivity index (χ1) is 18.8. The van der Waals surface area contributed by atoms with Crippen molar-refractivity contribution in [1.82, 2.24) is 4.90 Å². The fraction of sp³-hybridized carbons (Fsp3) is 0.947. The van der Waals surface area contributed by atoms with Gasteiger partial charge >= 0.3 is 0 Å². The monoisotopic (exact) mass is 540 g/mol. The Morgan fingerprint density at radius 2 is 1.67 bits per heavy atom. The van der Waals surface area contributed by atoms with E-state index in [9.17, 15) is 0 Å². The summed E-state index contributed by atoms with van der Waals surface area (Å²) in [5.41, 5.74) is 1.81.